The molecule has 0 aliphatic carbocycles. The third kappa shape index (κ3) is 4.50. The van der Waals surface area contributed by atoms with Crippen LogP contribution in [0.3, 0.4) is 0 Å². The van der Waals surface area contributed by atoms with E-state index in [1.54, 1.807) is 0 Å². The molecule has 0 saturated carbocycles. The zero-order valence-electron chi connectivity index (χ0n) is 12.7. The van der Waals surface area contributed by atoms with Crippen LogP contribution in [0.15, 0.2) is 60.8 Å². The van der Waals surface area contributed by atoms with Gasteiger partial charge in [0.15, 0.2) is 0 Å². The zero-order chi connectivity index (χ0) is 16.1. The van der Waals surface area contributed by atoms with Crippen molar-refractivity contribution in [1.82, 2.24) is 10.3 Å². The number of aliphatic hydroxyl groups excluding tert-OH is 1. The first-order chi connectivity index (χ1) is 11.2. The largest absolute Gasteiger partial charge is 0.395 e. The second-order valence-electron chi connectivity index (χ2n) is 5.63. The Bertz CT molecular complexity index is 774. The standard InChI is InChI=1S/C19H19IN2O/c20-17-7-5-14(6-8-17)10-18(13-23)21-11-15-9-16-3-1-2-4-19(16)22-12-15/h1-9,12,18,21,23H,10-11,13H2. The summed E-state index contributed by atoms with van der Waals surface area (Å²) in [5.74, 6) is 0. The first-order valence-electron chi connectivity index (χ1n) is 7.67. The van der Waals surface area contributed by atoms with Crippen molar-refractivity contribution in [3.8, 4) is 0 Å². The zero-order valence-corrected chi connectivity index (χ0v) is 14.9. The fraction of sp³-hybridized carbons (Fsp3) is 0.211. The van der Waals surface area contributed by atoms with Crippen LogP contribution in [0, 0.1) is 3.57 Å². The van der Waals surface area contributed by atoms with E-state index in [0.29, 0.717) is 6.54 Å². The van der Waals surface area contributed by atoms with Crippen LogP contribution in [-0.4, -0.2) is 22.7 Å². The van der Waals surface area contributed by atoms with Gasteiger partial charge in [-0.1, -0.05) is 30.3 Å². The lowest BCUT2D eigenvalue weighted by atomic mass is 10.1. The Morgan fingerprint density at radius 2 is 1.83 bits per heavy atom. The van der Waals surface area contributed by atoms with Crippen molar-refractivity contribution in [2.45, 2.75) is 19.0 Å². The van der Waals surface area contributed by atoms with Crippen LogP contribution in [-0.2, 0) is 13.0 Å². The normalized spacial score (nSPS) is 12.4. The van der Waals surface area contributed by atoms with Crippen molar-refractivity contribution >= 4 is 33.5 Å². The summed E-state index contributed by atoms with van der Waals surface area (Å²) in [7, 11) is 0. The van der Waals surface area contributed by atoms with Crippen LogP contribution in [0.4, 0.5) is 0 Å². The number of aromatic nitrogens is 1. The van der Waals surface area contributed by atoms with E-state index in [0.717, 1.165) is 22.9 Å². The van der Waals surface area contributed by atoms with E-state index < -0.39 is 0 Å². The van der Waals surface area contributed by atoms with E-state index in [9.17, 15) is 5.11 Å². The molecular formula is C19H19IN2O. The number of pyridine rings is 1. The van der Waals surface area contributed by atoms with E-state index in [1.165, 1.54) is 9.13 Å². The summed E-state index contributed by atoms with van der Waals surface area (Å²) in [6.45, 7) is 0.820. The van der Waals surface area contributed by atoms with Gasteiger partial charge < -0.3 is 10.4 Å². The van der Waals surface area contributed by atoms with Crippen LogP contribution in [0.2, 0.25) is 0 Å². The van der Waals surface area contributed by atoms with E-state index in [1.807, 2.05) is 24.4 Å². The van der Waals surface area contributed by atoms with Gasteiger partial charge in [-0.2, -0.15) is 0 Å². The number of aliphatic hydroxyl groups is 1. The summed E-state index contributed by atoms with van der Waals surface area (Å²) in [5, 5.41) is 14.2. The minimum Gasteiger partial charge on any atom is -0.395 e. The minimum atomic E-state index is 0.0431. The molecule has 3 aromatic rings. The van der Waals surface area contributed by atoms with Crippen molar-refractivity contribution in [1.29, 1.82) is 0 Å². The maximum absolute atomic E-state index is 9.61. The summed E-state index contributed by atoms with van der Waals surface area (Å²) in [6.07, 6.45) is 2.71. The molecule has 0 amide bonds. The summed E-state index contributed by atoms with van der Waals surface area (Å²) in [5.41, 5.74) is 3.37. The Morgan fingerprint density at radius 3 is 2.61 bits per heavy atom. The molecule has 0 radical (unpaired) electrons. The van der Waals surface area contributed by atoms with Crippen LogP contribution in [0.5, 0.6) is 0 Å². The predicted octanol–water partition coefficient (Wildman–Crippen LogP) is 3.53. The van der Waals surface area contributed by atoms with Gasteiger partial charge >= 0.3 is 0 Å². The molecule has 1 aromatic heterocycles. The molecule has 1 heterocycles. The molecule has 0 spiro atoms. The van der Waals surface area contributed by atoms with Crippen molar-refractivity contribution < 1.29 is 5.11 Å². The van der Waals surface area contributed by atoms with E-state index in [4.69, 9.17) is 0 Å². The second kappa shape index (κ2) is 7.86. The molecule has 0 aliphatic rings. The molecule has 118 valence electrons. The Balaban J connectivity index is 1.63. The van der Waals surface area contributed by atoms with Crippen LogP contribution in [0.25, 0.3) is 10.9 Å². The molecular weight excluding hydrogens is 399 g/mol. The molecule has 0 fully saturated rings. The number of benzene rings is 2. The maximum atomic E-state index is 9.61. The predicted molar refractivity (Wildman–Crippen MR) is 102 cm³/mol. The number of hydrogen-bond acceptors (Lipinski definition) is 3. The van der Waals surface area contributed by atoms with Crippen LogP contribution in [0.1, 0.15) is 11.1 Å². The SMILES string of the molecule is OCC(Cc1ccc(I)cc1)NCc1cnc2ccccc2c1. The highest BCUT2D eigenvalue weighted by molar-refractivity contribution is 14.1. The van der Waals surface area contributed by atoms with E-state index >= 15 is 0 Å². The van der Waals surface area contributed by atoms with Gasteiger partial charge in [0.2, 0.25) is 0 Å². The second-order valence-corrected chi connectivity index (χ2v) is 6.87. The Labute approximate surface area is 149 Å². The first kappa shape index (κ1) is 16.4. The number of fused-ring (bicyclic) bond motifs is 1. The maximum Gasteiger partial charge on any atom is 0.0702 e. The highest BCUT2D eigenvalue weighted by Crippen LogP contribution is 2.13. The molecule has 1 unspecified atom stereocenters. The molecule has 0 saturated heterocycles. The summed E-state index contributed by atoms with van der Waals surface area (Å²) < 4.78 is 1.22. The molecule has 4 heteroatoms. The van der Waals surface area contributed by atoms with Gasteiger partial charge in [-0.25, -0.2) is 0 Å². The van der Waals surface area contributed by atoms with Crippen LogP contribution < -0.4 is 5.32 Å². The lowest BCUT2D eigenvalue weighted by molar-refractivity contribution is 0.241. The van der Waals surface area contributed by atoms with Gasteiger partial charge in [0, 0.05) is 27.7 Å². The highest BCUT2D eigenvalue weighted by Gasteiger charge is 2.08. The van der Waals surface area contributed by atoms with Gasteiger partial charge in [-0.3, -0.25) is 4.98 Å². The lowest BCUT2D eigenvalue weighted by Gasteiger charge is -2.16. The summed E-state index contributed by atoms with van der Waals surface area (Å²) in [4.78, 5) is 4.48. The monoisotopic (exact) mass is 418 g/mol. The average Bonchev–Trinajstić information content (AvgIpc) is 2.60. The molecule has 0 bridgehead atoms. The fourth-order valence-corrected chi connectivity index (χ4v) is 2.94. The quantitative estimate of drug-likeness (QED) is 0.603. The van der Waals surface area contributed by atoms with E-state index in [-0.39, 0.29) is 12.6 Å². The minimum absolute atomic E-state index is 0.0431. The highest BCUT2D eigenvalue weighted by atomic mass is 127. The summed E-state index contributed by atoms with van der Waals surface area (Å²) in [6, 6.07) is 18.7. The Hall–Kier alpha value is -1.50. The molecule has 3 nitrogen and oxygen atoms in total. The molecule has 0 aliphatic heterocycles. The molecule has 3 rings (SSSR count). The smallest absolute Gasteiger partial charge is 0.0702 e. The number of halogens is 1. The molecule has 2 aromatic carbocycles. The van der Waals surface area contributed by atoms with Gasteiger partial charge in [-0.05, 0) is 64.4 Å². The van der Waals surface area contributed by atoms with Gasteiger partial charge in [0.05, 0.1) is 12.1 Å². The number of para-hydroxylation sites is 1. The number of nitrogens with one attached hydrogen (secondary N) is 1. The van der Waals surface area contributed by atoms with Crippen molar-refractivity contribution in [2.75, 3.05) is 6.61 Å². The third-order valence-electron chi connectivity index (χ3n) is 3.86. The lowest BCUT2D eigenvalue weighted by Crippen LogP contribution is -2.34. The van der Waals surface area contributed by atoms with Crippen LogP contribution >= 0.6 is 22.6 Å². The average molecular weight is 418 g/mol. The van der Waals surface area contributed by atoms with Gasteiger partial charge in [-0.15, -0.1) is 0 Å². The van der Waals surface area contributed by atoms with Crippen molar-refractivity contribution in [3.05, 3.63) is 75.5 Å². The van der Waals surface area contributed by atoms with Crippen molar-refractivity contribution in [3.63, 3.8) is 0 Å². The summed E-state index contributed by atoms with van der Waals surface area (Å²) >= 11 is 2.30. The molecule has 2 N–H and O–H groups in total. The topological polar surface area (TPSA) is 45.1 Å². The van der Waals surface area contributed by atoms with Crippen molar-refractivity contribution in [2.24, 2.45) is 0 Å². The Morgan fingerprint density at radius 1 is 1.04 bits per heavy atom. The van der Waals surface area contributed by atoms with E-state index in [2.05, 4.69) is 69.3 Å². The Kier molecular flexibility index (Phi) is 5.59. The molecule has 23 heavy (non-hydrogen) atoms. The number of nitrogens with zero attached hydrogens (tertiary/aromatic N) is 1. The van der Waals surface area contributed by atoms with Gasteiger partial charge in [0.1, 0.15) is 0 Å². The third-order valence-corrected chi connectivity index (χ3v) is 4.58. The molecule has 1 atom stereocenters. The fourth-order valence-electron chi connectivity index (χ4n) is 2.58. The number of rotatable bonds is 6. The van der Waals surface area contributed by atoms with Gasteiger partial charge in [0.25, 0.3) is 0 Å². The number of hydrogen-bond donors (Lipinski definition) is 2. The first-order valence-corrected chi connectivity index (χ1v) is 8.75.